The first kappa shape index (κ1) is 68.3. The molecule has 0 spiro atoms. The van der Waals surface area contributed by atoms with Gasteiger partial charge >= 0.3 is 5.97 Å². The van der Waals surface area contributed by atoms with Crippen molar-refractivity contribution in [2.75, 3.05) is 38.2 Å². The Labute approximate surface area is 452 Å². The average molecular weight is 1100 g/mol. The molecular formula is C50H91N13O12S. The van der Waals surface area contributed by atoms with E-state index in [1.54, 1.807) is 81.0 Å². The number of likely N-dealkylation sites (tertiary alicyclic amines) is 1. The van der Waals surface area contributed by atoms with Gasteiger partial charge in [0, 0.05) is 13.1 Å². The SMILES string of the molecule is CC[C@H](C)[C@H](NC(=O)[C@H](CC(C)C)NC(=O)[C@H](CO)NC(=O)[C@H](CC(C)C)NC(=O)[C@@H](NC(=O)[C@H](CCCN=C(N)N)NC(=O)[C@@H]1CCCN1C(=O)[C@@H](N)CCSC)C(C)C)C(=O)NCC(=O)N[C@@H](CC(C)C)C(=O)O. The average Bonchev–Trinajstić information content (AvgIpc) is 3.84. The number of carboxylic acids is 1. The quantitative estimate of drug-likeness (QED) is 0.0196. The number of thioether (sulfide) groups is 1. The number of nitrogens with one attached hydrogen (secondary N) is 8. The monoisotopic (exact) mass is 1100 g/mol. The van der Waals surface area contributed by atoms with E-state index in [9.17, 15) is 58.2 Å². The van der Waals surface area contributed by atoms with Crippen molar-refractivity contribution in [1.29, 1.82) is 0 Å². The van der Waals surface area contributed by atoms with Crippen LogP contribution in [-0.4, -0.2) is 173 Å². The number of aliphatic imine (C=N–C) groups is 1. The number of hydrogen-bond acceptors (Lipinski definition) is 14. The summed E-state index contributed by atoms with van der Waals surface area (Å²) >= 11 is 1.54. The molecule has 16 N–H and O–H groups in total. The van der Waals surface area contributed by atoms with Crippen LogP contribution in [0.2, 0.25) is 0 Å². The van der Waals surface area contributed by atoms with Gasteiger partial charge in [-0.3, -0.25) is 48.1 Å². The van der Waals surface area contributed by atoms with Crippen molar-refractivity contribution in [3.05, 3.63) is 0 Å². The van der Waals surface area contributed by atoms with Gasteiger partial charge in [0.05, 0.1) is 19.2 Å². The van der Waals surface area contributed by atoms with Gasteiger partial charge in [-0.15, -0.1) is 0 Å². The van der Waals surface area contributed by atoms with E-state index in [0.29, 0.717) is 38.0 Å². The van der Waals surface area contributed by atoms with Crippen LogP contribution in [-0.2, 0) is 47.9 Å². The zero-order valence-corrected chi connectivity index (χ0v) is 47.3. The maximum absolute atomic E-state index is 14.1. The van der Waals surface area contributed by atoms with Gasteiger partial charge in [0.25, 0.3) is 0 Å². The number of amides is 9. The molecule has 0 bridgehead atoms. The summed E-state index contributed by atoms with van der Waals surface area (Å²) in [7, 11) is 0. The van der Waals surface area contributed by atoms with Gasteiger partial charge in [-0.25, -0.2) is 4.79 Å². The third kappa shape index (κ3) is 24.5. The second-order valence-electron chi connectivity index (χ2n) is 21.1. The molecule has 434 valence electrons. The van der Waals surface area contributed by atoms with Crippen LogP contribution in [0.15, 0.2) is 4.99 Å². The largest absolute Gasteiger partial charge is 0.480 e. The normalized spacial score (nSPS) is 17.0. The molecule has 26 heteroatoms. The third-order valence-electron chi connectivity index (χ3n) is 12.7. The lowest BCUT2D eigenvalue weighted by Gasteiger charge is -2.30. The van der Waals surface area contributed by atoms with E-state index in [1.165, 1.54) is 4.90 Å². The first-order valence-corrected chi connectivity index (χ1v) is 27.8. The van der Waals surface area contributed by atoms with Gasteiger partial charge in [0.2, 0.25) is 53.2 Å². The Morgan fingerprint density at radius 3 is 1.68 bits per heavy atom. The molecule has 0 aromatic heterocycles. The second kappa shape index (κ2) is 34.8. The van der Waals surface area contributed by atoms with Crippen LogP contribution in [0.4, 0.5) is 0 Å². The molecule has 1 saturated heterocycles. The molecule has 0 aromatic rings. The summed E-state index contributed by atoms with van der Waals surface area (Å²) in [6.07, 6.45) is 4.20. The molecule has 0 saturated carbocycles. The van der Waals surface area contributed by atoms with Gasteiger partial charge < -0.3 is 74.8 Å². The maximum atomic E-state index is 14.1. The molecule has 0 radical (unpaired) electrons. The Hall–Kier alpha value is -5.76. The first-order valence-electron chi connectivity index (χ1n) is 26.4. The Kier molecular flexibility index (Phi) is 31.3. The van der Waals surface area contributed by atoms with E-state index in [2.05, 4.69) is 47.5 Å². The van der Waals surface area contributed by atoms with Gasteiger partial charge in [-0.2, -0.15) is 11.8 Å². The highest BCUT2D eigenvalue weighted by Crippen LogP contribution is 2.20. The number of aliphatic hydroxyl groups excluding tert-OH is 1. The summed E-state index contributed by atoms with van der Waals surface area (Å²) in [5, 5.41) is 40.7. The number of guanidine groups is 1. The smallest absolute Gasteiger partial charge is 0.326 e. The molecule has 1 aliphatic heterocycles. The van der Waals surface area contributed by atoms with Crippen LogP contribution >= 0.6 is 11.8 Å². The minimum Gasteiger partial charge on any atom is -0.480 e. The summed E-state index contributed by atoms with van der Waals surface area (Å²) in [6.45, 7) is 16.5. The van der Waals surface area contributed by atoms with Crippen molar-refractivity contribution in [2.24, 2.45) is 51.8 Å². The van der Waals surface area contributed by atoms with Crippen LogP contribution in [0, 0.1) is 29.6 Å². The van der Waals surface area contributed by atoms with E-state index in [4.69, 9.17) is 17.2 Å². The van der Waals surface area contributed by atoms with E-state index >= 15 is 0 Å². The summed E-state index contributed by atoms with van der Waals surface area (Å²) in [5.74, 6) is -8.68. The van der Waals surface area contributed by atoms with Crippen LogP contribution < -0.4 is 59.7 Å². The van der Waals surface area contributed by atoms with Crippen molar-refractivity contribution in [1.82, 2.24) is 47.4 Å². The highest BCUT2D eigenvalue weighted by atomic mass is 32.2. The number of carboxylic acid groups (broad SMARTS) is 1. The zero-order chi connectivity index (χ0) is 58.0. The topological polar surface area (TPSA) is 401 Å². The lowest BCUT2D eigenvalue weighted by molar-refractivity contribution is -0.142. The van der Waals surface area contributed by atoms with Crippen molar-refractivity contribution >= 4 is 76.9 Å². The molecule has 0 unspecified atom stereocenters. The molecule has 9 amide bonds. The van der Waals surface area contributed by atoms with Gasteiger partial charge in [0.1, 0.15) is 48.3 Å². The third-order valence-corrected chi connectivity index (χ3v) is 13.3. The maximum Gasteiger partial charge on any atom is 0.326 e. The van der Waals surface area contributed by atoms with Gasteiger partial charge in [0.15, 0.2) is 5.96 Å². The highest BCUT2D eigenvalue weighted by Gasteiger charge is 2.39. The standard InChI is InChI=1S/C50H91N13O12S/c1-12-30(10)40(46(71)55-24-38(65)56-35(49(74)75)23-28(6)7)62-43(68)34(22-27(4)5)58-44(69)36(25-64)60-42(67)33(21-26(2)3)59-47(72)39(29(8)9)61-41(66)32(15-13-18-54-50(52)53)57-45(70)37-16-14-19-63(37)48(73)31(51)17-20-76-11/h26-37,39-40,64H,12-25,51H2,1-11H3,(H,55,71)(H,56,65)(H,57,70)(H,58,69)(H,59,72)(H,60,67)(H,61,66)(H,62,68)(H,74,75)(H4,52,53,54)/t30-,31-,32-,33-,34-,35-,36-,37-,39-,40-/m0/s1. The summed E-state index contributed by atoms with van der Waals surface area (Å²) in [5.41, 5.74) is 17.2. The molecule has 0 aromatic carbocycles. The Bertz CT molecular complexity index is 1970. The van der Waals surface area contributed by atoms with Crippen molar-refractivity contribution in [2.45, 2.75) is 181 Å². The van der Waals surface area contributed by atoms with Crippen molar-refractivity contribution in [3.63, 3.8) is 0 Å². The Morgan fingerprint density at radius 1 is 0.658 bits per heavy atom. The zero-order valence-electron chi connectivity index (χ0n) is 46.5. The van der Waals surface area contributed by atoms with Crippen LogP contribution in [0.3, 0.4) is 0 Å². The van der Waals surface area contributed by atoms with Gasteiger partial charge in [-0.1, -0.05) is 75.7 Å². The number of nitrogens with zero attached hydrogens (tertiary/aromatic N) is 2. The molecule has 10 atom stereocenters. The van der Waals surface area contributed by atoms with Crippen LogP contribution in [0.5, 0.6) is 0 Å². The lowest BCUT2D eigenvalue weighted by Crippen LogP contribution is -2.61. The van der Waals surface area contributed by atoms with Gasteiger partial charge in [-0.05, 0) is 93.0 Å². The predicted molar refractivity (Wildman–Crippen MR) is 290 cm³/mol. The molecule has 0 aliphatic carbocycles. The lowest BCUT2D eigenvalue weighted by atomic mass is 9.96. The molecule has 1 heterocycles. The Balaban J connectivity index is 3.30. The summed E-state index contributed by atoms with van der Waals surface area (Å²) in [6, 6.07) is -10.7. The predicted octanol–water partition coefficient (Wildman–Crippen LogP) is -1.46. The fraction of sp³-hybridized carbons (Fsp3) is 0.780. The van der Waals surface area contributed by atoms with Crippen molar-refractivity contribution in [3.8, 4) is 0 Å². The molecule has 1 fully saturated rings. The van der Waals surface area contributed by atoms with E-state index in [1.807, 2.05) is 6.26 Å². The summed E-state index contributed by atoms with van der Waals surface area (Å²) < 4.78 is 0. The number of aliphatic hydroxyl groups is 1. The fourth-order valence-electron chi connectivity index (χ4n) is 8.29. The number of carbonyl (C=O) groups excluding carboxylic acids is 9. The minimum absolute atomic E-state index is 0.0365. The number of hydrogen-bond donors (Lipinski definition) is 13. The van der Waals surface area contributed by atoms with Crippen LogP contribution in [0.1, 0.15) is 127 Å². The number of rotatable bonds is 35. The van der Waals surface area contributed by atoms with E-state index in [0.717, 1.165) is 0 Å². The number of aliphatic carboxylic acids is 1. The molecule has 25 nitrogen and oxygen atoms in total. The number of carbonyl (C=O) groups is 10. The van der Waals surface area contributed by atoms with E-state index in [-0.39, 0.29) is 68.3 Å². The molecule has 1 aliphatic rings. The summed E-state index contributed by atoms with van der Waals surface area (Å²) in [4.78, 5) is 140. The van der Waals surface area contributed by atoms with E-state index < -0.39 is 133 Å². The first-order chi connectivity index (χ1) is 35.6. The number of nitrogens with two attached hydrogens (primary N) is 3. The molecule has 1 rings (SSSR count). The molecular weight excluding hydrogens is 1010 g/mol. The second-order valence-corrected chi connectivity index (χ2v) is 22.1. The van der Waals surface area contributed by atoms with Crippen LogP contribution in [0.25, 0.3) is 0 Å². The Morgan fingerprint density at radius 2 is 1.17 bits per heavy atom. The highest BCUT2D eigenvalue weighted by molar-refractivity contribution is 7.98. The molecule has 76 heavy (non-hydrogen) atoms. The van der Waals surface area contributed by atoms with Crippen molar-refractivity contribution < 1.29 is 58.2 Å². The fourth-order valence-corrected chi connectivity index (χ4v) is 8.78. The minimum atomic E-state index is -1.62.